The van der Waals surface area contributed by atoms with E-state index in [1.807, 2.05) is 18.2 Å². The molecule has 18 heavy (non-hydrogen) atoms. The highest BCUT2D eigenvalue weighted by Gasteiger charge is 2.10. The van der Waals surface area contributed by atoms with Crippen molar-refractivity contribution in [3.05, 3.63) is 57.5 Å². The van der Waals surface area contributed by atoms with Crippen LogP contribution in [0, 0.1) is 0 Å². The van der Waals surface area contributed by atoms with Gasteiger partial charge < -0.3 is 9.84 Å². The lowest BCUT2D eigenvalue weighted by Gasteiger charge is -2.13. The Bertz CT molecular complexity index is 538. The fraction of sp³-hybridized carbons (Fsp3) is 0.143. The summed E-state index contributed by atoms with van der Waals surface area (Å²) in [5, 5.41) is 10.4. The summed E-state index contributed by atoms with van der Waals surface area (Å²) in [5.74, 6) is 1.31. The molecule has 0 aliphatic heterocycles. The number of halogens is 2. The lowest BCUT2D eigenvalue weighted by atomic mass is 10.1. The lowest BCUT2D eigenvalue weighted by molar-refractivity contribution is 0.195. The fourth-order valence-corrected chi connectivity index (χ4v) is 2.04. The Hall–Kier alpha value is -1.03. The van der Waals surface area contributed by atoms with Crippen LogP contribution in [0.15, 0.2) is 46.9 Å². The molecule has 0 amide bonds. The molecule has 94 valence electrons. The SMILES string of the molecule is CC(O)c1ccc(Br)cc1Oc1ccc(Cl)cc1. The van der Waals surface area contributed by atoms with Gasteiger partial charge in [0.2, 0.25) is 0 Å². The summed E-state index contributed by atoms with van der Waals surface area (Å²) in [6.45, 7) is 1.71. The molecule has 4 heteroatoms. The summed E-state index contributed by atoms with van der Waals surface area (Å²) in [7, 11) is 0. The summed E-state index contributed by atoms with van der Waals surface area (Å²) in [6, 6.07) is 12.6. The van der Waals surface area contributed by atoms with Crippen molar-refractivity contribution in [1.29, 1.82) is 0 Å². The summed E-state index contributed by atoms with van der Waals surface area (Å²) in [4.78, 5) is 0. The molecular weight excluding hydrogens is 316 g/mol. The van der Waals surface area contributed by atoms with E-state index in [1.165, 1.54) is 0 Å². The second-order valence-corrected chi connectivity index (χ2v) is 5.27. The van der Waals surface area contributed by atoms with Gasteiger partial charge in [-0.15, -0.1) is 0 Å². The third-order valence-corrected chi connectivity index (χ3v) is 3.21. The number of ether oxygens (including phenoxy) is 1. The van der Waals surface area contributed by atoms with Crippen molar-refractivity contribution in [3.63, 3.8) is 0 Å². The van der Waals surface area contributed by atoms with Crippen molar-refractivity contribution in [3.8, 4) is 11.5 Å². The molecule has 2 aromatic rings. The van der Waals surface area contributed by atoms with E-state index in [2.05, 4.69) is 15.9 Å². The van der Waals surface area contributed by atoms with Crippen molar-refractivity contribution in [2.75, 3.05) is 0 Å². The Morgan fingerprint density at radius 3 is 2.44 bits per heavy atom. The number of hydrogen-bond donors (Lipinski definition) is 1. The van der Waals surface area contributed by atoms with E-state index in [0.29, 0.717) is 16.5 Å². The Morgan fingerprint density at radius 1 is 1.17 bits per heavy atom. The molecule has 0 saturated heterocycles. The molecule has 0 heterocycles. The average Bonchev–Trinajstić information content (AvgIpc) is 2.32. The van der Waals surface area contributed by atoms with E-state index < -0.39 is 6.10 Å². The molecule has 0 saturated carbocycles. The largest absolute Gasteiger partial charge is 0.457 e. The highest BCUT2D eigenvalue weighted by Crippen LogP contribution is 2.32. The maximum atomic E-state index is 9.70. The first-order valence-corrected chi connectivity index (χ1v) is 6.64. The van der Waals surface area contributed by atoms with E-state index >= 15 is 0 Å². The molecule has 2 rings (SSSR count). The molecule has 0 aliphatic rings. The van der Waals surface area contributed by atoms with Crippen molar-refractivity contribution in [1.82, 2.24) is 0 Å². The van der Waals surface area contributed by atoms with Crippen LogP contribution in [-0.4, -0.2) is 5.11 Å². The molecule has 1 unspecified atom stereocenters. The lowest BCUT2D eigenvalue weighted by Crippen LogP contribution is -1.96. The molecule has 0 spiro atoms. The van der Waals surface area contributed by atoms with Crippen molar-refractivity contribution >= 4 is 27.5 Å². The topological polar surface area (TPSA) is 29.5 Å². The molecule has 1 N–H and O–H groups in total. The smallest absolute Gasteiger partial charge is 0.134 e. The normalized spacial score (nSPS) is 12.2. The Morgan fingerprint density at radius 2 is 1.83 bits per heavy atom. The minimum atomic E-state index is -0.583. The number of benzene rings is 2. The zero-order chi connectivity index (χ0) is 13.1. The van der Waals surface area contributed by atoms with Crippen LogP contribution < -0.4 is 4.74 Å². The first-order chi connectivity index (χ1) is 8.56. The quantitative estimate of drug-likeness (QED) is 0.864. The molecule has 0 aromatic heterocycles. The summed E-state index contributed by atoms with van der Waals surface area (Å²) in [5.41, 5.74) is 0.744. The summed E-state index contributed by atoms with van der Waals surface area (Å²) in [6.07, 6.45) is -0.583. The van der Waals surface area contributed by atoms with Crippen LogP contribution in [0.2, 0.25) is 5.02 Å². The van der Waals surface area contributed by atoms with Gasteiger partial charge in [-0.25, -0.2) is 0 Å². The fourth-order valence-electron chi connectivity index (χ4n) is 1.57. The number of rotatable bonds is 3. The zero-order valence-electron chi connectivity index (χ0n) is 9.73. The monoisotopic (exact) mass is 326 g/mol. The van der Waals surface area contributed by atoms with Gasteiger partial charge in [-0.3, -0.25) is 0 Å². The van der Waals surface area contributed by atoms with Crippen LogP contribution in [0.4, 0.5) is 0 Å². The molecule has 0 aliphatic carbocycles. The Labute approximate surface area is 119 Å². The first-order valence-electron chi connectivity index (χ1n) is 5.47. The van der Waals surface area contributed by atoms with Gasteiger partial charge in [0.1, 0.15) is 11.5 Å². The van der Waals surface area contributed by atoms with Gasteiger partial charge in [0.15, 0.2) is 0 Å². The molecule has 0 fully saturated rings. The van der Waals surface area contributed by atoms with Gasteiger partial charge in [0, 0.05) is 15.1 Å². The van der Waals surface area contributed by atoms with Crippen LogP contribution in [0.3, 0.4) is 0 Å². The summed E-state index contributed by atoms with van der Waals surface area (Å²) >= 11 is 9.21. The van der Waals surface area contributed by atoms with Gasteiger partial charge in [-0.2, -0.15) is 0 Å². The number of hydrogen-bond acceptors (Lipinski definition) is 2. The van der Waals surface area contributed by atoms with Crippen molar-refractivity contribution in [2.45, 2.75) is 13.0 Å². The predicted molar refractivity (Wildman–Crippen MR) is 76.3 cm³/mol. The van der Waals surface area contributed by atoms with Crippen LogP contribution in [0.1, 0.15) is 18.6 Å². The Kier molecular flexibility index (Phi) is 4.27. The van der Waals surface area contributed by atoms with Crippen molar-refractivity contribution in [2.24, 2.45) is 0 Å². The molecular formula is C14H12BrClO2. The van der Waals surface area contributed by atoms with E-state index in [9.17, 15) is 5.11 Å². The highest BCUT2D eigenvalue weighted by molar-refractivity contribution is 9.10. The minimum Gasteiger partial charge on any atom is -0.457 e. The summed E-state index contributed by atoms with van der Waals surface area (Å²) < 4.78 is 6.66. The second-order valence-electron chi connectivity index (χ2n) is 3.91. The standard InChI is InChI=1S/C14H12BrClO2/c1-9(17)13-7-2-10(15)8-14(13)18-12-5-3-11(16)4-6-12/h2-9,17H,1H3. The molecule has 0 radical (unpaired) electrons. The Balaban J connectivity index is 2.32. The number of aliphatic hydroxyl groups excluding tert-OH is 1. The number of aliphatic hydroxyl groups is 1. The predicted octanol–water partition coefficient (Wildman–Crippen LogP) is 4.95. The molecule has 2 aromatic carbocycles. The van der Waals surface area contributed by atoms with E-state index in [1.54, 1.807) is 31.2 Å². The van der Waals surface area contributed by atoms with Crippen LogP contribution in [0.5, 0.6) is 11.5 Å². The average molecular weight is 328 g/mol. The maximum Gasteiger partial charge on any atom is 0.134 e. The van der Waals surface area contributed by atoms with Crippen LogP contribution in [-0.2, 0) is 0 Å². The van der Waals surface area contributed by atoms with Crippen molar-refractivity contribution < 1.29 is 9.84 Å². The van der Waals surface area contributed by atoms with Gasteiger partial charge >= 0.3 is 0 Å². The second kappa shape index (κ2) is 5.74. The highest BCUT2D eigenvalue weighted by atomic mass is 79.9. The van der Waals surface area contributed by atoms with E-state index in [-0.39, 0.29) is 0 Å². The third kappa shape index (κ3) is 3.25. The van der Waals surface area contributed by atoms with E-state index in [0.717, 1.165) is 10.0 Å². The van der Waals surface area contributed by atoms with Crippen LogP contribution in [0.25, 0.3) is 0 Å². The molecule has 0 bridgehead atoms. The zero-order valence-corrected chi connectivity index (χ0v) is 12.1. The molecule has 1 atom stereocenters. The maximum absolute atomic E-state index is 9.70. The van der Waals surface area contributed by atoms with Gasteiger partial charge in [-0.1, -0.05) is 33.6 Å². The molecule has 2 nitrogen and oxygen atoms in total. The van der Waals surface area contributed by atoms with Crippen LogP contribution >= 0.6 is 27.5 Å². The van der Waals surface area contributed by atoms with Gasteiger partial charge in [0.05, 0.1) is 6.10 Å². The van der Waals surface area contributed by atoms with E-state index in [4.69, 9.17) is 16.3 Å². The first kappa shape index (κ1) is 13.4. The third-order valence-electron chi connectivity index (χ3n) is 2.47. The van der Waals surface area contributed by atoms with Gasteiger partial charge in [0.25, 0.3) is 0 Å². The minimum absolute atomic E-state index is 0.583. The van der Waals surface area contributed by atoms with Gasteiger partial charge in [-0.05, 0) is 43.3 Å².